The molecule has 0 aromatic carbocycles. The van der Waals surface area contributed by atoms with E-state index in [1.807, 2.05) is 0 Å². The predicted molar refractivity (Wildman–Crippen MR) is 80.8 cm³/mol. The lowest BCUT2D eigenvalue weighted by Crippen LogP contribution is -2.52. The van der Waals surface area contributed by atoms with Crippen molar-refractivity contribution in [3.8, 4) is 0 Å². The molecule has 0 amide bonds. The highest BCUT2D eigenvalue weighted by Gasteiger charge is 2.54. The molecule has 0 aromatic rings. The monoisotopic (exact) mass is 284 g/mol. The second-order valence-corrected chi connectivity index (χ2v) is 7.90. The van der Waals surface area contributed by atoms with E-state index in [-0.39, 0.29) is 22.7 Å². The van der Waals surface area contributed by atoms with Gasteiger partial charge in [0.2, 0.25) is 0 Å². The summed E-state index contributed by atoms with van der Waals surface area (Å²) in [6.45, 7) is 8.45. The fraction of sp³-hybridized carbons (Fsp3) is 1.00. The zero-order chi connectivity index (χ0) is 15.0. The first-order chi connectivity index (χ1) is 9.22. The van der Waals surface area contributed by atoms with E-state index in [0.717, 1.165) is 32.1 Å². The molecule has 1 heterocycles. The van der Waals surface area contributed by atoms with Gasteiger partial charge in [-0.1, -0.05) is 25.7 Å². The number of aliphatic hydroxyl groups excluding tert-OH is 1. The van der Waals surface area contributed by atoms with Crippen LogP contribution < -0.4 is 0 Å². The molecule has 0 spiro atoms. The average Bonchev–Trinajstić information content (AvgIpc) is 2.55. The Balaban J connectivity index is 2.21. The van der Waals surface area contributed by atoms with E-state index in [1.54, 1.807) is 7.11 Å². The summed E-state index contributed by atoms with van der Waals surface area (Å²) >= 11 is 0. The minimum absolute atomic E-state index is 0.135. The quantitative estimate of drug-likeness (QED) is 0.803. The lowest BCUT2D eigenvalue weighted by atomic mass is 9.73. The lowest BCUT2D eigenvalue weighted by Gasteiger charge is -2.42. The molecular weight excluding hydrogens is 252 g/mol. The minimum Gasteiger partial charge on any atom is -0.390 e. The number of ether oxygens (including phenoxy) is 2. The van der Waals surface area contributed by atoms with Crippen molar-refractivity contribution in [3.63, 3.8) is 0 Å². The summed E-state index contributed by atoms with van der Waals surface area (Å²) in [7, 11) is 1.77. The van der Waals surface area contributed by atoms with E-state index < -0.39 is 6.10 Å². The van der Waals surface area contributed by atoms with Crippen LogP contribution in [0.5, 0.6) is 0 Å². The minimum atomic E-state index is -0.442. The molecule has 2 atom stereocenters. The van der Waals surface area contributed by atoms with E-state index in [9.17, 15) is 5.11 Å². The Labute approximate surface area is 124 Å². The molecule has 2 fully saturated rings. The van der Waals surface area contributed by atoms with Crippen molar-refractivity contribution in [2.45, 2.75) is 95.5 Å². The van der Waals surface area contributed by atoms with Gasteiger partial charge < -0.3 is 14.6 Å². The fourth-order valence-electron chi connectivity index (χ4n) is 4.41. The van der Waals surface area contributed by atoms with Crippen molar-refractivity contribution in [2.75, 3.05) is 7.11 Å². The van der Waals surface area contributed by atoms with Gasteiger partial charge in [-0.15, -0.1) is 0 Å². The standard InChI is InChI=1S/C17H32O3/c1-15(2)12-13(16(3,4)20-15)14(18)17(19-5)10-8-6-7-9-11-17/h13-14,18H,6-12H2,1-5H3. The smallest absolute Gasteiger partial charge is 0.0940 e. The third kappa shape index (κ3) is 3.05. The highest BCUT2D eigenvalue weighted by atomic mass is 16.5. The van der Waals surface area contributed by atoms with Crippen LogP contribution in [0.4, 0.5) is 0 Å². The highest BCUT2D eigenvalue weighted by molar-refractivity contribution is 5.04. The van der Waals surface area contributed by atoms with E-state index in [0.29, 0.717) is 0 Å². The van der Waals surface area contributed by atoms with Crippen LogP contribution in [0.15, 0.2) is 0 Å². The molecule has 3 nitrogen and oxygen atoms in total. The first-order valence-electron chi connectivity index (χ1n) is 8.16. The van der Waals surface area contributed by atoms with Gasteiger partial charge in [0, 0.05) is 13.0 Å². The zero-order valence-electron chi connectivity index (χ0n) is 13.9. The van der Waals surface area contributed by atoms with Gasteiger partial charge >= 0.3 is 0 Å². The number of rotatable bonds is 3. The molecule has 118 valence electrons. The summed E-state index contributed by atoms with van der Waals surface area (Å²) in [5, 5.41) is 11.1. The Hall–Kier alpha value is -0.120. The molecule has 0 aromatic heterocycles. The van der Waals surface area contributed by atoms with Crippen LogP contribution in [0, 0.1) is 5.92 Å². The maximum absolute atomic E-state index is 11.1. The summed E-state index contributed by atoms with van der Waals surface area (Å²) in [5.41, 5.74) is -0.822. The Kier molecular flexibility index (Phi) is 4.54. The number of hydrogen-bond acceptors (Lipinski definition) is 3. The molecule has 1 aliphatic carbocycles. The van der Waals surface area contributed by atoms with Gasteiger partial charge in [-0.2, -0.15) is 0 Å². The molecule has 1 aliphatic heterocycles. The molecule has 2 unspecified atom stereocenters. The number of aliphatic hydroxyl groups is 1. The number of methoxy groups -OCH3 is 1. The Bertz CT molecular complexity index is 327. The maximum atomic E-state index is 11.1. The molecule has 1 saturated carbocycles. The third-order valence-corrected chi connectivity index (χ3v) is 5.42. The SMILES string of the molecule is COC1(C(O)C2CC(C)(C)OC2(C)C)CCCCCC1. The molecular formula is C17H32O3. The van der Waals surface area contributed by atoms with Crippen molar-refractivity contribution in [2.24, 2.45) is 5.92 Å². The first-order valence-corrected chi connectivity index (χ1v) is 8.16. The van der Waals surface area contributed by atoms with Crippen molar-refractivity contribution in [1.29, 1.82) is 0 Å². The Morgan fingerprint density at radius 1 is 1.05 bits per heavy atom. The molecule has 1 N–H and O–H groups in total. The van der Waals surface area contributed by atoms with Crippen molar-refractivity contribution in [3.05, 3.63) is 0 Å². The van der Waals surface area contributed by atoms with Crippen molar-refractivity contribution in [1.82, 2.24) is 0 Å². The summed E-state index contributed by atoms with van der Waals surface area (Å²) in [6.07, 6.45) is 7.22. The average molecular weight is 284 g/mol. The predicted octanol–water partition coefficient (Wildman–Crippen LogP) is 3.68. The topological polar surface area (TPSA) is 38.7 Å². The van der Waals surface area contributed by atoms with E-state index in [1.165, 1.54) is 12.8 Å². The normalized spacial score (nSPS) is 33.6. The van der Waals surface area contributed by atoms with Gasteiger partial charge in [-0.3, -0.25) is 0 Å². The number of hydrogen-bond donors (Lipinski definition) is 1. The van der Waals surface area contributed by atoms with Gasteiger partial charge in [-0.05, 0) is 47.0 Å². The van der Waals surface area contributed by atoms with Gasteiger partial charge in [0.05, 0.1) is 22.9 Å². The highest BCUT2D eigenvalue weighted by Crippen LogP contribution is 2.48. The summed E-state index contributed by atoms with van der Waals surface area (Å²) < 4.78 is 12.1. The molecule has 0 radical (unpaired) electrons. The second-order valence-electron chi connectivity index (χ2n) is 7.90. The maximum Gasteiger partial charge on any atom is 0.0940 e. The largest absolute Gasteiger partial charge is 0.390 e. The molecule has 1 saturated heterocycles. The van der Waals surface area contributed by atoms with Gasteiger partial charge in [0.15, 0.2) is 0 Å². The molecule has 20 heavy (non-hydrogen) atoms. The van der Waals surface area contributed by atoms with Gasteiger partial charge in [0.25, 0.3) is 0 Å². The second kappa shape index (κ2) is 5.58. The van der Waals surface area contributed by atoms with Crippen molar-refractivity contribution >= 4 is 0 Å². The molecule has 3 heteroatoms. The first kappa shape index (κ1) is 16.3. The summed E-state index contributed by atoms with van der Waals surface area (Å²) in [5.74, 6) is 0.135. The molecule has 0 bridgehead atoms. The van der Waals surface area contributed by atoms with Gasteiger partial charge in [-0.25, -0.2) is 0 Å². The van der Waals surface area contributed by atoms with Crippen LogP contribution >= 0.6 is 0 Å². The van der Waals surface area contributed by atoms with Gasteiger partial charge in [0.1, 0.15) is 0 Å². The zero-order valence-corrected chi connectivity index (χ0v) is 13.9. The van der Waals surface area contributed by atoms with Crippen molar-refractivity contribution < 1.29 is 14.6 Å². The molecule has 2 aliphatic rings. The molecule has 2 rings (SSSR count). The Morgan fingerprint density at radius 2 is 1.60 bits per heavy atom. The summed E-state index contributed by atoms with van der Waals surface area (Å²) in [4.78, 5) is 0. The third-order valence-electron chi connectivity index (χ3n) is 5.42. The van der Waals surface area contributed by atoms with Crippen LogP contribution in [-0.4, -0.2) is 35.1 Å². The van der Waals surface area contributed by atoms with Crippen LogP contribution in [0.2, 0.25) is 0 Å². The Morgan fingerprint density at radius 3 is 2.00 bits per heavy atom. The summed E-state index contributed by atoms with van der Waals surface area (Å²) in [6, 6.07) is 0. The van der Waals surface area contributed by atoms with Crippen LogP contribution in [0.1, 0.15) is 72.6 Å². The van der Waals surface area contributed by atoms with E-state index in [4.69, 9.17) is 9.47 Å². The van der Waals surface area contributed by atoms with Crippen LogP contribution in [0.25, 0.3) is 0 Å². The van der Waals surface area contributed by atoms with E-state index >= 15 is 0 Å². The van der Waals surface area contributed by atoms with Crippen LogP contribution in [-0.2, 0) is 9.47 Å². The fourth-order valence-corrected chi connectivity index (χ4v) is 4.41. The van der Waals surface area contributed by atoms with Crippen LogP contribution in [0.3, 0.4) is 0 Å². The van der Waals surface area contributed by atoms with E-state index in [2.05, 4.69) is 27.7 Å². The lowest BCUT2D eigenvalue weighted by molar-refractivity contribution is -0.156.